The lowest BCUT2D eigenvalue weighted by molar-refractivity contribution is -0.147. The van der Waals surface area contributed by atoms with Crippen LogP contribution in [0.5, 0.6) is 0 Å². The average Bonchev–Trinajstić information content (AvgIpc) is 2.67. The van der Waals surface area contributed by atoms with Crippen LogP contribution in [0, 0.1) is 11.6 Å². The van der Waals surface area contributed by atoms with Crippen molar-refractivity contribution >= 4 is 23.5 Å². The van der Waals surface area contributed by atoms with Crippen LogP contribution in [0.1, 0.15) is 30.6 Å². The number of carbonyl (C=O) groups is 3. The smallest absolute Gasteiger partial charge is 0.308 e. The van der Waals surface area contributed by atoms with Gasteiger partial charge in [0.15, 0.2) is 6.61 Å². The highest BCUT2D eigenvalue weighted by atomic mass is 19.1. The maximum atomic E-state index is 13.5. The molecule has 0 heterocycles. The Balaban J connectivity index is 1.80. The molecule has 0 aliphatic heterocycles. The van der Waals surface area contributed by atoms with Gasteiger partial charge in [0.05, 0.1) is 12.0 Å². The average molecular weight is 404 g/mol. The zero-order chi connectivity index (χ0) is 21.4. The molecule has 0 spiro atoms. The molecule has 0 aliphatic carbocycles. The molecule has 29 heavy (non-hydrogen) atoms. The largest absolute Gasteiger partial charge is 0.455 e. The summed E-state index contributed by atoms with van der Waals surface area (Å²) >= 11 is 0. The SMILES string of the molecule is CC(C)N(C(=O)COC(=O)CCNC(=O)c1ccc(F)cc1F)c1ccccc1. The zero-order valence-corrected chi connectivity index (χ0v) is 16.2. The number of anilines is 1. The second kappa shape index (κ2) is 10.3. The Morgan fingerprint density at radius 3 is 2.38 bits per heavy atom. The van der Waals surface area contributed by atoms with Crippen LogP contribution >= 0.6 is 0 Å². The third kappa shape index (κ3) is 6.38. The minimum atomic E-state index is -0.995. The highest BCUT2D eigenvalue weighted by molar-refractivity contribution is 5.96. The van der Waals surface area contributed by atoms with Crippen LogP contribution in [0.4, 0.5) is 14.5 Å². The minimum Gasteiger partial charge on any atom is -0.455 e. The Kier molecular flexibility index (Phi) is 7.82. The summed E-state index contributed by atoms with van der Waals surface area (Å²) in [6.07, 6.45) is -0.200. The molecule has 0 saturated carbocycles. The van der Waals surface area contributed by atoms with Crippen LogP contribution < -0.4 is 10.2 Å². The van der Waals surface area contributed by atoms with Crippen molar-refractivity contribution in [2.45, 2.75) is 26.3 Å². The van der Waals surface area contributed by atoms with Gasteiger partial charge in [0, 0.05) is 24.3 Å². The summed E-state index contributed by atoms with van der Waals surface area (Å²) < 4.78 is 31.4. The molecule has 0 aliphatic rings. The van der Waals surface area contributed by atoms with E-state index >= 15 is 0 Å². The number of para-hydroxylation sites is 1. The molecular formula is C21H22F2N2O4. The van der Waals surface area contributed by atoms with Gasteiger partial charge in [-0.05, 0) is 38.1 Å². The summed E-state index contributed by atoms with van der Waals surface area (Å²) in [4.78, 5) is 37.6. The third-order valence-electron chi connectivity index (χ3n) is 3.97. The van der Waals surface area contributed by atoms with Crippen LogP contribution in [0.25, 0.3) is 0 Å². The van der Waals surface area contributed by atoms with E-state index < -0.39 is 30.1 Å². The minimum absolute atomic E-state index is 0.116. The van der Waals surface area contributed by atoms with E-state index in [1.54, 1.807) is 24.3 Å². The van der Waals surface area contributed by atoms with E-state index in [9.17, 15) is 23.2 Å². The Hall–Kier alpha value is -3.29. The van der Waals surface area contributed by atoms with Gasteiger partial charge in [-0.15, -0.1) is 0 Å². The fraction of sp³-hybridized carbons (Fsp3) is 0.286. The second-order valence-electron chi connectivity index (χ2n) is 6.48. The van der Waals surface area contributed by atoms with Gasteiger partial charge in [-0.3, -0.25) is 14.4 Å². The molecule has 0 atom stereocenters. The van der Waals surface area contributed by atoms with Gasteiger partial charge in [0.2, 0.25) is 0 Å². The topological polar surface area (TPSA) is 75.7 Å². The molecule has 2 amide bonds. The molecule has 2 aromatic rings. The van der Waals surface area contributed by atoms with Gasteiger partial charge >= 0.3 is 5.97 Å². The standard InChI is InChI=1S/C21H22F2N2O4/c1-14(2)25(16-6-4-3-5-7-16)19(26)13-29-20(27)10-11-24-21(28)17-9-8-15(22)12-18(17)23/h3-9,12,14H,10-11,13H2,1-2H3,(H,24,28). The van der Waals surface area contributed by atoms with Gasteiger partial charge in [-0.25, -0.2) is 8.78 Å². The van der Waals surface area contributed by atoms with Gasteiger partial charge < -0.3 is 15.0 Å². The number of hydrogen-bond acceptors (Lipinski definition) is 4. The number of halogens is 2. The van der Waals surface area contributed by atoms with Crippen LogP contribution in [-0.2, 0) is 14.3 Å². The number of rotatable bonds is 8. The second-order valence-corrected chi connectivity index (χ2v) is 6.48. The molecular weight excluding hydrogens is 382 g/mol. The van der Waals surface area contributed by atoms with Crippen LogP contribution in [0.15, 0.2) is 48.5 Å². The van der Waals surface area contributed by atoms with E-state index in [1.807, 2.05) is 19.9 Å². The van der Waals surface area contributed by atoms with E-state index in [2.05, 4.69) is 5.32 Å². The number of amides is 2. The first-order valence-electron chi connectivity index (χ1n) is 9.05. The van der Waals surface area contributed by atoms with Crippen molar-refractivity contribution in [3.8, 4) is 0 Å². The van der Waals surface area contributed by atoms with Gasteiger partial charge in [-0.1, -0.05) is 18.2 Å². The van der Waals surface area contributed by atoms with Crippen molar-refractivity contribution in [1.82, 2.24) is 5.32 Å². The first-order valence-corrected chi connectivity index (χ1v) is 9.05. The number of hydrogen-bond donors (Lipinski definition) is 1. The molecule has 0 bridgehead atoms. The monoisotopic (exact) mass is 404 g/mol. The number of ether oxygens (including phenoxy) is 1. The molecule has 0 fully saturated rings. The van der Waals surface area contributed by atoms with Crippen LogP contribution in [0.3, 0.4) is 0 Å². The van der Waals surface area contributed by atoms with Crippen LogP contribution in [-0.4, -0.2) is 37.0 Å². The highest BCUT2D eigenvalue weighted by Gasteiger charge is 2.20. The molecule has 6 nitrogen and oxygen atoms in total. The predicted molar refractivity (Wildman–Crippen MR) is 103 cm³/mol. The molecule has 0 saturated heterocycles. The Morgan fingerprint density at radius 2 is 1.76 bits per heavy atom. The first kappa shape index (κ1) is 22.0. The number of esters is 1. The van der Waals surface area contributed by atoms with E-state index in [-0.39, 0.29) is 30.5 Å². The van der Waals surface area contributed by atoms with Crippen molar-refractivity contribution in [1.29, 1.82) is 0 Å². The fourth-order valence-corrected chi connectivity index (χ4v) is 2.65. The molecule has 0 unspecified atom stereocenters. The molecule has 2 rings (SSSR count). The van der Waals surface area contributed by atoms with Gasteiger partial charge in [-0.2, -0.15) is 0 Å². The summed E-state index contributed by atoms with van der Waals surface area (Å²) in [5, 5.41) is 2.35. The van der Waals surface area contributed by atoms with Crippen LogP contribution in [0.2, 0.25) is 0 Å². The quantitative estimate of drug-likeness (QED) is 0.686. The number of carbonyl (C=O) groups excluding carboxylic acids is 3. The lowest BCUT2D eigenvalue weighted by Gasteiger charge is -2.26. The van der Waals surface area contributed by atoms with E-state index in [4.69, 9.17) is 4.74 Å². The molecule has 154 valence electrons. The summed E-state index contributed by atoms with van der Waals surface area (Å²) in [5.74, 6) is -3.63. The summed E-state index contributed by atoms with van der Waals surface area (Å²) in [6, 6.07) is 11.4. The van der Waals surface area contributed by atoms with E-state index in [0.29, 0.717) is 11.8 Å². The van der Waals surface area contributed by atoms with Gasteiger partial charge in [0.25, 0.3) is 11.8 Å². The predicted octanol–water partition coefficient (Wildman–Crippen LogP) is 3.07. The third-order valence-corrected chi connectivity index (χ3v) is 3.97. The highest BCUT2D eigenvalue weighted by Crippen LogP contribution is 2.16. The maximum absolute atomic E-state index is 13.5. The molecule has 0 aromatic heterocycles. The number of nitrogens with one attached hydrogen (secondary N) is 1. The normalized spacial score (nSPS) is 10.5. The van der Waals surface area contributed by atoms with E-state index in [1.165, 1.54) is 4.90 Å². The Bertz CT molecular complexity index is 872. The molecule has 1 N–H and O–H groups in total. The number of benzene rings is 2. The fourth-order valence-electron chi connectivity index (χ4n) is 2.65. The lowest BCUT2D eigenvalue weighted by atomic mass is 10.2. The van der Waals surface area contributed by atoms with E-state index in [0.717, 1.165) is 12.1 Å². The van der Waals surface area contributed by atoms with Crippen molar-refractivity contribution in [3.05, 3.63) is 65.7 Å². The van der Waals surface area contributed by atoms with Crippen molar-refractivity contribution in [2.75, 3.05) is 18.1 Å². The summed E-state index contributed by atoms with van der Waals surface area (Å²) in [5.41, 5.74) is 0.363. The zero-order valence-electron chi connectivity index (χ0n) is 16.2. The maximum Gasteiger partial charge on any atom is 0.308 e. The molecule has 0 radical (unpaired) electrons. The molecule has 8 heteroatoms. The number of nitrogens with zero attached hydrogens (tertiary/aromatic N) is 1. The lowest BCUT2D eigenvalue weighted by Crippen LogP contribution is -2.40. The summed E-state index contributed by atoms with van der Waals surface area (Å²) in [6.45, 7) is 3.13. The Morgan fingerprint density at radius 1 is 1.07 bits per heavy atom. The van der Waals surface area contributed by atoms with Gasteiger partial charge in [0.1, 0.15) is 11.6 Å². The Labute approximate surface area is 167 Å². The molecule has 2 aromatic carbocycles. The van der Waals surface area contributed by atoms with Crippen molar-refractivity contribution in [2.24, 2.45) is 0 Å². The van der Waals surface area contributed by atoms with Crippen molar-refractivity contribution in [3.63, 3.8) is 0 Å². The first-order chi connectivity index (χ1) is 13.8. The summed E-state index contributed by atoms with van der Waals surface area (Å²) in [7, 11) is 0. The van der Waals surface area contributed by atoms with Crippen molar-refractivity contribution < 1.29 is 27.9 Å².